The predicted molar refractivity (Wildman–Crippen MR) is 95.3 cm³/mol. The summed E-state index contributed by atoms with van der Waals surface area (Å²) in [4.78, 5) is 15.5. The van der Waals surface area contributed by atoms with Crippen LogP contribution in [0, 0.1) is 17.3 Å². The number of hydrogen-bond donors (Lipinski definition) is 1. The molecule has 4 atom stereocenters. The highest BCUT2D eigenvalue weighted by atomic mass is 16.2. The Labute approximate surface area is 142 Å². The minimum absolute atomic E-state index is 0.213. The zero-order chi connectivity index (χ0) is 16.4. The lowest BCUT2D eigenvalue weighted by atomic mass is 9.75. The topological polar surface area (TPSA) is 32.3 Å². The highest BCUT2D eigenvalue weighted by Crippen LogP contribution is 2.40. The summed E-state index contributed by atoms with van der Waals surface area (Å²) in [5.74, 6) is 1.87. The second-order valence-electron chi connectivity index (χ2n) is 9.04. The molecule has 0 radical (unpaired) electrons. The zero-order valence-electron chi connectivity index (χ0n) is 15.4. The smallest absolute Gasteiger partial charge is 0.225 e. The average molecular weight is 321 g/mol. The molecule has 3 rings (SSSR count). The van der Waals surface area contributed by atoms with E-state index in [1.54, 1.807) is 0 Å². The van der Waals surface area contributed by atoms with Gasteiger partial charge in [0.1, 0.15) is 0 Å². The van der Waals surface area contributed by atoms with Crippen molar-refractivity contribution in [2.75, 3.05) is 13.1 Å². The lowest BCUT2D eigenvalue weighted by Gasteiger charge is -2.39. The maximum Gasteiger partial charge on any atom is 0.225 e. The van der Waals surface area contributed by atoms with Crippen LogP contribution in [0.25, 0.3) is 0 Å². The van der Waals surface area contributed by atoms with Gasteiger partial charge in [0.15, 0.2) is 0 Å². The summed E-state index contributed by atoms with van der Waals surface area (Å²) in [6.07, 6.45) is 11.5. The van der Waals surface area contributed by atoms with Gasteiger partial charge >= 0.3 is 0 Å². The van der Waals surface area contributed by atoms with Gasteiger partial charge in [0, 0.05) is 17.5 Å². The Balaban J connectivity index is 1.71. The summed E-state index contributed by atoms with van der Waals surface area (Å²) in [6.45, 7) is 9.10. The molecule has 3 fully saturated rings. The van der Waals surface area contributed by atoms with E-state index < -0.39 is 0 Å². The molecule has 3 nitrogen and oxygen atoms in total. The van der Waals surface area contributed by atoms with Crippen molar-refractivity contribution in [3.63, 3.8) is 0 Å². The first-order chi connectivity index (χ1) is 11.0. The Hall–Kier alpha value is -0.570. The monoisotopic (exact) mass is 320 g/mol. The molecule has 3 aliphatic rings. The Morgan fingerprint density at radius 2 is 1.74 bits per heavy atom. The molecule has 2 aliphatic heterocycles. The summed E-state index contributed by atoms with van der Waals surface area (Å²) < 4.78 is 0. The van der Waals surface area contributed by atoms with Gasteiger partial charge in [-0.1, -0.05) is 33.1 Å². The van der Waals surface area contributed by atoms with E-state index in [4.69, 9.17) is 0 Å². The first kappa shape index (κ1) is 17.3. The highest BCUT2D eigenvalue weighted by Gasteiger charge is 2.40. The van der Waals surface area contributed by atoms with E-state index in [0.29, 0.717) is 12.0 Å². The Bertz CT molecular complexity index is 420. The van der Waals surface area contributed by atoms with Crippen molar-refractivity contribution in [2.24, 2.45) is 17.3 Å². The molecule has 0 aromatic rings. The average Bonchev–Trinajstić information content (AvgIpc) is 2.92. The van der Waals surface area contributed by atoms with Crippen LogP contribution >= 0.6 is 0 Å². The predicted octanol–water partition coefficient (Wildman–Crippen LogP) is 3.97. The van der Waals surface area contributed by atoms with Crippen molar-refractivity contribution in [1.82, 2.24) is 10.2 Å². The van der Waals surface area contributed by atoms with Crippen LogP contribution in [-0.2, 0) is 4.79 Å². The molecular formula is C20H36N2O. The summed E-state index contributed by atoms with van der Waals surface area (Å²) >= 11 is 0. The summed E-state index contributed by atoms with van der Waals surface area (Å²) in [6, 6.07) is 1.12. The van der Waals surface area contributed by atoms with Crippen LogP contribution in [0.5, 0.6) is 0 Å². The van der Waals surface area contributed by atoms with E-state index in [2.05, 4.69) is 31.0 Å². The Kier molecular flexibility index (Phi) is 5.35. The van der Waals surface area contributed by atoms with Crippen molar-refractivity contribution in [3.05, 3.63) is 0 Å². The molecule has 2 saturated heterocycles. The molecule has 1 N–H and O–H groups in total. The number of amides is 1. The van der Waals surface area contributed by atoms with Gasteiger partial charge in [-0.3, -0.25) is 4.79 Å². The minimum Gasteiger partial charge on any atom is -0.353 e. The number of rotatable bonds is 0. The molecule has 2 bridgehead atoms. The van der Waals surface area contributed by atoms with Gasteiger partial charge in [-0.15, -0.1) is 0 Å². The molecule has 0 aromatic heterocycles. The number of carbonyl (C=O) groups excluding carboxylic acids is 1. The van der Waals surface area contributed by atoms with Crippen molar-refractivity contribution < 1.29 is 4.79 Å². The molecule has 0 aromatic carbocycles. The molecular weight excluding hydrogens is 284 g/mol. The Morgan fingerprint density at radius 3 is 2.57 bits per heavy atom. The SMILES string of the molecule is C[C@H]1NC(=O)C(C)(C)CCCCCCN2CCC3CCC1CC32. The molecule has 3 unspecified atom stereocenters. The highest BCUT2D eigenvalue weighted by molar-refractivity contribution is 5.82. The number of fused-ring (bicyclic) bond motifs is 1. The van der Waals surface area contributed by atoms with Crippen LogP contribution in [0.2, 0.25) is 0 Å². The van der Waals surface area contributed by atoms with Crippen LogP contribution < -0.4 is 5.32 Å². The standard InChI is InChI=1S/C20H36N2O/c1-15-17-9-8-16-10-13-22(18(16)14-17)12-7-5-4-6-11-20(2,3)19(23)21-15/h15-18H,4-14H2,1-3H3,(H,21,23)/t15-,16?,17?,18?/m1/s1. The lowest BCUT2D eigenvalue weighted by molar-refractivity contribution is -0.131. The van der Waals surface area contributed by atoms with E-state index in [0.717, 1.165) is 18.4 Å². The lowest BCUT2D eigenvalue weighted by Crippen LogP contribution is -2.48. The van der Waals surface area contributed by atoms with E-state index in [1.807, 2.05) is 0 Å². The number of nitrogens with zero attached hydrogens (tertiary/aromatic N) is 1. The van der Waals surface area contributed by atoms with Crippen molar-refractivity contribution in [3.8, 4) is 0 Å². The van der Waals surface area contributed by atoms with E-state index in [1.165, 1.54) is 64.5 Å². The molecule has 132 valence electrons. The van der Waals surface area contributed by atoms with Crippen molar-refractivity contribution >= 4 is 5.91 Å². The number of hydrogen-bond acceptors (Lipinski definition) is 2. The zero-order valence-corrected chi connectivity index (χ0v) is 15.4. The maximum atomic E-state index is 12.7. The number of nitrogens with one attached hydrogen (secondary N) is 1. The minimum atomic E-state index is -0.213. The quantitative estimate of drug-likeness (QED) is 0.732. The van der Waals surface area contributed by atoms with Crippen LogP contribution in [0.1, 0.15) is 78.6 Å². The number of carbonyl (C=O) groups is 1. The molecule has 0 spiro atoms. The second kappa shape index (κ2) is 7.13. The van der Waals surface area contributed by atoms with Gasteiger partial charge in [-0.25, -0.2) is 0 Å². The van der Waals surface area contributed by atoms with E-state index in [-0.39, 0.29) is 11.3 Å². The van der Waals surface area contributed by atoms with Gasteiger partial charge < -0.3 is 10.2 Å². The van der Waals surface area contributed by atoms with Gasteiger partial charge in [0.05, 0.1) is 0 Å². The van der Waals surface area contributed by atoms with E-state index in [9.17, 15) is 4.79 Å². The largest absolute Gasteiger partial charge is 0.353 e. The van der Waals surface area contributed by atoms with Crippen LogP contribution in [-0.4, -0.2) is 36.0 Å². The fraction of sp³-hybridized carbons (Fsp3) is 0.950. The van der Waals surface area contributed by atoms with Gasteiger partial charge in [-0.05, 0) is 70.4 Å². The summed E-state index contributed by atoms with van der Waals surface area (Å²) in [5, 5.41) is 3.37. The van der Waals surface area contributed by atoms with Crippen molar-refractivity contribution in [1.29, 1.82) is 0 Å². The van der Waals surface area contributed by atoms with Crippen molar-refractivity contribution in [2.45, 2.75) is 90.6 Å². The third-order valence-electron chi connectivity index (χ3n) is 6.93. The molecule has 23 heavy (non-hydrogen) atoms. The first-order valence-electron chi connectivity index (χ1n) is 10.0. The molecule has 1 aliphatic carbocycles. The molecule has 2 heterocycles. The molecule has 1 saturated carbocycles. The molecule has 3 heteroatoms. The van der Waals surface area contributed by atoms with E-state index >= 15 is 0 Å². The third kappa shape index (κ3) is 3.92. The van der Waals surface area contributed by atoms with Crippen LogP contribution in [0.4, 0.5) is 0 Å². The van der Waals surface area contributed by atoms with Crippen LogP contribution in [0.3, 0.4) is 0 Å². The van der Waals surface area contributed by atoms with Gasteiger partial charge in [0.2, 0.25) is 5.91 Å². The van der Waals surface area contributed by atoms with Gasteiger partial charge in [-0.2, -0.15) is 0 Å². The Morgan fingerprint density at radius 1 is 1.00 bits per heavy atom. The fourth-order valence-electron chi connectivity index (χ4n) is 5.12. The first-order valence-corrected chi connectivity index (χ1v) is 10.0. The third-order valence-corrected chi connectivity index (χ3v) is 6.93. The second-order valence-corrected chi connectivity index (χ2v) is 9.04. The summed E-state index contributed by atoms with van der Waals surface area (Å²) in [5.41, 5.74) is -0.213. The van der Waals surface area contributed by atoms with Crippen LogP contribution in [0.15, 0.2) is 0 Å². The normalized spacial score (nSPS) is 39.5. The maximum absolute atomic E-state index is 12.7. The molecule has 1 amide bonds. The fourth-order valence-corrected chi connectivity index (χ4v) is 5.12. The summed E-state index contributed by atoms with van der Waals surface area (Å²) in [7, 11) is 0. The van der Waals surface area contributed by atoms with Gasteiger partial charge in [0.25, 0.3) is 0 Å².